The third kappa shape index (κ3) is 4.31. The van der Waals surface area contributed by atoms with Crippen LogP contribution in [0.3, 0.4) is 0 Å². The van der Waals surface area contributed by atoms with Crippen molar-refractivity contribution in [2.75, 3.05) is 0 Å². The molecule has 0 unspecified atom stereocenters. The molecule has 2 heteroatoms. The average molecular weight is 180 g/mol. The summed E-state index contributed by atoms with van der Waals surface area (Å²) in [5, 5.41) is 0. The molecule has 0 atom stereocenters. The molecule has 0 aliphatic rings. The van der Waals surface area contributed by atoms with Crippen LogP contribution in [0.15, 0.2) is 35.6 Å². The smallest absolute Gasteiger partial charge is 0.338 e. The first-order valence-corrected chi connectivity index (χ1v) is 4.13. The van der Waals surface area contributed by atoms with Gasteiger partial charge >= 0.3 is 5.97 Å². The Morgan fingerprint density at radius 1 is 1.23 bits per heavy atom. The van der Waals surface area contributed by atoms with Crippen LogP contribution >= 0.6 is 0 Å². The topological polar surface area (TPSA) is 26.3 Å². The number of ether oxygens (including phenoxy) is 1. The van der Waals surface area contributed by atoms with E-state index in [0.29, 0.717) is 5.57 Å². The van der Waals surface area contributed by atoms with Crippen molar-refractivity contribution < 1.29 is 9.53 Å². The fourth-order valence-corrected chi connectivity index (χ4v) is 0.574. The number of rotatable bonds is 3. The van der Waals surface area contributed by atoms with Gasteiger partial charge in [0, 0.05) is 5.57 Å². The molecule has 0 amide bonds. The van der Waals surface area contributed by atoms with Crippen LogP contribution in [0, 0.1) is 0 Å². The lowest BCUT2D eigenvalue weighted by Crippen LogP contribution is -2.03. The molecular weight excluding hydrogens is 164 g/mol. The highest BCUT2D eigenvalue weighted by Gasteiger charge is 2.05. The summed E-state index contributed by atoms with van der Waals surface area (Å²) in [6.07, 6.45) is 3.08. The molecule has 0 bridgehead atoms. The van der Waals surface area contributed by atoms with Crippen LogP contribution in [0.25, 0.3) is 0 Å². The molecule has 0 saturated carbocycles. The van der Waals surface area contributed by atoms with E-state index in [1.54, 1.807) is 13.0 Å². The van der Waals surface area contributed by atoms with Gasteiger partial charge in [-0.15, -0.1) is 0 Å². The Bertz CT molecular complexity index is 266. The minimum atomic E-state index is -0.321. The second kappa shape index (κ2) is 5.36. The molecule has 0 aliphatic carbocycles. The van der Waals surface area contributed by atoms with Crippen LogP contribution in [0.1, 0.15) is 27.7 Å². The number of esters is 1. The molecule has 0 aromatic rings. The Balaban J connectivity index is 4.45. The van der Waals surface area contributed by atoms with E-state index < -0.39 is 0 Å². The van der Waals surface area contributed by atoms with Crippen molar-refractivity contribution in [1.82, 2.24) is 0 Å². The maximum atomic E-state index is 11.3. The molecule has 0 radical (unpaired) electrons. The molecule has 0 aliphatic heterocycles. The Kier molecular flexibility index (Phi) is 4.82. The van der Waals surface area contributed by atoms with Crippen LogP contribution in [0.4, 0.5) is 0 Å². The van der Waals surface area contributed by atoms with Crippen LogP contribution in [0.2, 0.25) is 0 Å². The fraction of sp³-hybridized carbons (Fsp3) is 0.364. The number of hydrogen-bond acceptors (Lipinski definition) is 2. The lowest BCUT2D eigenvalue weighted by molar-refractivity contribution is -0.133. The molecule has 0 aromatic heterocycles. The van der Waals surface area contributed by atoms with Crippen molar-refractivity contribution in [3.05, 3.63) is 35.6 Å². The third-order valence-electron chi connectivity index (χ3n) is 1.61. The summed E-state index contributed by atoms with van der Waals surface area (Å²) in [4.78, 5) is 11.3. The third-order valence-corrected chi connectivity index (χ3v) is 1.61. The summed E-state index contributed by atoms with van der Waals surface area (Å²) in [6, 6.07) is 0. The van der Waals surface area contributed by atoms with Gasteiger partial charge in [0.1, 0.15) is 0 Å². The summed E-state index contributed by atoms with van der Waals surface area (Å²) in [5.74, 6) is -0.321. The number of carbonyl (C=O) groups is 1. The minimum Gasteiger partial charge on any atom is -0.431 e. The summed E-state index contributed by atoms with van der Waals surface area (Å²) < 4.78 is 4.88. The van der Waals surface area contributed by atoms with Gasteiger partial charge in [-0.05, 0) is 38.8 Å². The zero-order chi connectivity index (χ0) is 10.4. The van der Waals surface area contributed by atoms with E-state index in [2.05, 4.69) is 6.58 Å². The number of carbonyl (C=O) groups excluding carboxylic acids is 1. The van der Waals surface area contributed by atoms with E-state index >= 15 is 0 Å². The standard InChI is InChI=1S/C11H16O2/c1-6-9(4)10(5)11(12)13-7-8(2)3/h6-7H,1H2,2-5H3. The Morgan fingerprint density at radius 2 is 1.77 bits per heavy atom. The molecule has 0 fully saturated rings. The van der Waals surface area contributed by atoms with Gasteiger partial charge in [0.25, 0.3) is 0 Å². The summed E-state index contributed by atoms with van der Waals surface area (Å²) in [6.45, 7) is 10.9. The van der Waals surface area contributed by atoms with Crippen molar-refractivity contribution in [3.8, 4) is 0 Å². The van der Waals surface area contributed by atoms with E-state index in [-0.39, 0.29) is 5.97 Å². The molecule has 0 heterocycles. The number of hydrogen-bond donors (Lipinski definition) is 0. The first kappa shape index (κ1) is 11.7. The maximum Gasteiger partial charge on any atom is 0.338 e. The van der Waals surface area contributed by atoms with E-state index in [1.165, 1.54) is 6.26 Å². The lowest BCUT2D eigenvalue weighted by atomic mass is 10.1. The Labute approximate surface area is 79.6 Å². The first-order chi connectivity index (χ1) is 5.99. The van der Waals surface area contributed by atoms with Crippen molar-refractivity contribution in [2.24, 2.45) is 0 Å². The summed E-state index contributed by atoms with van der Waals surface area (Å²) >= 11 is 0. The average Bonchev–Trinajstić information content (AvgIpc) is 2.11. The predicted octanol–water partition coefficient (Wildman–Crippen LogP) is 2.98. The molecule has 13 heavy (non-hydrogen) atoms. The molecular formula is C11H16O2. The zero-order valence-corrected chi connectivity index (χ0v) is 8.68. The van der Waals surface area contributed by atoms with Crippen LogP contribution in [-0.4, -0.2) is 5.97 Å². The van der Waals surface area contributed by atoms with E-state index in [1.807, 2.05) is 20.8 Å². The largest absolute Gasteiger partial charge is 0.431 e. The Hall–Kier alpha value is -1.31. The second-order valence-corrected chi connectivity index (χ2v) is 3.11. The van der Waals surface area contributed by atoms with Crippen molar-refractivity contribution in [1.29, 1.82) is 0 Å². The summed E-state index contributed by atoms with van der Waals surface area (Å²) in [7, 11) is 0. The fourth-order valence-electron chi connectivity index (χ4n) is 0.574. The van der Waals surface area contributed by atoms with E-state index in [9.17, 15) is 4.79 Å². The van der Waals surface area contributed by atoms with Gasteiger partial charge in [-0.3, -0.25) is 0 Å². The van der Waals surface area contributed by atoms with Gasteiger partial charge in [0.05, 0.1) is 6.26 Å². The molecule has 0 N–H and O–H groups in total. The van der Waals surface area contributed by atoms with Crippen LogP contribution < -0.4 is 0 Å². The highest BCUT2D eigenvalue weighted by Crippen LogP contribution is 2.06. The van der Waals surface area contributed by atoms with Gasteiger partial charge < -0.3 is 4.74 Å². The molecule has 0 aromatic carbocycles. The highest BCUT2D eigenvalue weighted by molar-refractivity contribution is 5.89. The maximum absolute atomic E-state index is 11.3. The van der Waals surface area contributed by atoms with E-state index in [4.69, 9.17) is 4.74 Å². The highest BCUT2D eigenvalue weighted by atomic mass is 16.5. The molecule has 0 spiro atoms. The van der Waals surface area contributed by atoms with Crippen LogP contribution in [0.5, 0.6) is 0 Å². The van der Waals surface area contributed by atoms with Crippen LogP contribution in [-0.2, 0) is 9.53 Å². The van der Waals surface area contributed by atoms with Gasteiger partial charge in [0.2, 0.25) is 0 Å². The molecule has 0 rings (SSSR count). The zero-order valence-electron chi connectivity index (χ0n) is 8.68. The molecule has 0 saturated heterocycles. The minimum absolute atomic E-state index is 0.321. The molecule has 72 valence electrons. The Morgan fingerprint density at radius 3 is 2.15 bits per heavy atom. The van der Waals surface area contributed by atoms with Gasteiger partial charge in [-0.2, -0.15) is 0 Å². The first-order valence-electron chi connectivity index (χ1n) is 4.13. The van der Waals surface area contributed by atoms with Gasteiger partial charge in [0.15, 0.2) is 0 Å². The lowest BCUT2D eigenvalue weighted by Gasteiger charge is -2.01. The second-order valence-electron chi connectivity index (χ2n) is 3.11. The van der Waals surface area contributed by atoms with Crippen molar-refractivity contribution in [2.45, 2.75) is 27.7 Å². The number of allylic oxidation sites excluding steroid dienone is 3. The monoisotopic (exact) mass is 180 g/mol. The van der Waals surface area contributed by atoms with Gasteiger partial charge in [-0.25, -0.2) is 4.79 Å². The van der Waals surface area contributed by atoms with Gasteiger partial charge in [-0.1, -0.05) is 12.7 Å². The quantitative estimate of drug-likeness (QED) is 0.289. The predicted molar refractivity (Wildman–Crippen MR) is 54.1 cm³/mol. The van der Waals surface area contributed by atoms with Crippen molar-refractivity contribution in [3.63, 3.8) is 0 Å². The SMILES string of the molecule is C=CC(C)=C(C)C(=O)OC=C(C)C. The van der Waals surface area contributed by atoms with Crippen molar-refractivity contribution >= 4 is 5.97 Å². The normalized spacial score (nSPS) is 11.4. The molecule has 2 nitrogen and oxygen atoms in total. The summed E-state index contributed by atoms with van der Waals surface area (Å²) in [5.41, 5.74) is 2.39. The van der Waals surface area contributed by atoms with E-state index in [0.717, 1.165) is 11.1 Å².